The van der Waals surface area contributed by atoms with E-state index in [0.717, 1.165) is 24.2 Å². The van der Waals surface area contributed by atoms with Crippen molar-refractivity contribution in [1.82, 2.24) is 19.6 Å². The molecule has 25 heavy (non-hydrogen) atoms. The van der Waals surface area contributed by atoms with Crippen molar-refractivity contribution >= 4 is 5.91 Å². The molecule has 134 valence electrons. The van der Waals surface area contributed by atoms with Crippen LogP contribution in [-0.2, 0) is 11.3 Å². The average Bonchev–Trinajstić information content (AvgIpc) is 3.05. The van der Waals surface area contributed by atoms with Crippen LogP contribution in [0, 0.1) is 12.7 Å². The van der Waals surface area contributed by atoms with Gasteiger partial charge < -0.3 is 4.90 Å². The van der Waals surface area contributed by atoms with E-state index in [1.54, 1.807) is 12.3 Å². The van der Waals surface area contributed by atoms with Crippen molar-refractivity contribution in [2.24, 2.45) is 0 Å². The van der Waals surface area contributed by atoms with Crippen LogP contribution >= 0.6 is 0 Å². The molecule has 0 saturated carbocycles. The van der Waals surface area contributed by atoms with Gasteiger partial charge in [0.1, 0.15) is 5.82 Å². The first-order chi connectivity index (χ1) is 12.0. The Labute approximate surface area is 148 Å². The summed E-state index contributed by atoms with van der Waals surface area (Å²) < 4.78 is 15.8. The van der Waals surface area contributed by atoms with Crippen LogP contribution in [0.1, 0.15) is 30.5 Å². The largest absolute Gasteiger partial charge is 0.340 e. The summed E-state index contributed by atoms with van der Waals surface area (Å²) in [6.07, 6.45) is 4.21. The Balaban J connectivity index is 1.49. The molecular weight excluding hydrogens is 319 g/mol. The molecule has 6 heteroatoms. The molecule has 0 aliphatic carbocycles. The van der Waals surface area contributed by atoms with Gasteiger partial charge in [0, 0.05) is 56.9 Å². The molecule has 3 rings (SSSR count). The number of carbonyl (C=O) groups excluding carboxylic acids is 1. The van der Waals surface area contributed by atoms with Crippen molar-refractivity contribution in [2.45, 2.75) is 32.9 Å². The third-order valence-electron chi connectivity index (χ3n) is 4.89. The number of amides is 1. The zero-order valence-corrected chi connectivity index (χ0v) is 14.9. The van der Waals surface area contributed by atoms with Crippen molar-refractivity contribution in [2.75, 3.05) is 26.2 Å². The fourth-order valence-corrected chi connectivity index (χ4v) is 3.33. The van der Waals surface area contributed by atoms with E-state index in [2.05, 4.69) is 10.00 Å². The molecule has 5 nitrogen and oxygen atoms in total. The molecule has 1 aliphatic rings. The zero-order chi connectivity index (χ0) is 17.8. The zero-order valence-electron chi connectivity index (χ0n) is 14.9. The molecule has 0 N–H and O–H groups in total. The first kappa shape index (κ1) is 17.6. The number of piperazine rings is 1. The minimum atomic E-state index is -0.164. The molecule has 2 aromatic rings. The number of halogens is 1. The van der Waals surface area contributed by atoms with E-state index >= 15 is 0 Å². The minimum absolute atomic E-state index is 0.0190. The highest BCUT2D eigenvalue weighted by Gasteiger charge is 2.25. The Hall–Kier alpha value is -2.21. The van der Waals surface area contributed by atoms with Gasteiger partial charge in [-0.05, 0) is 25.5 Å². The molecule has 0 radical (unpaired) electrons. The van der Waals surface area contributed by atoms with E-state index in [1.807, 2.05) is 41.8 Å². The van der Waals surface area contributed by atoms with E-state index in [1.165, 1.54) is 6.07 Å². The summed E-state index contributed by atoms with van der Waals surface area (Å²) in [4.78, 5) is 16.5. The van der Waals surface area contributed by atoms with E-state index < -0.39 is 0 Å². The molecular formula is C19H25FN4O. The maximum atomic E-state index is 14.0. The lowest BCUT2D eigenvalue weighted by Crippen LogP contribution is -2.49. The van der Waals surface area contributed by atoms with Gasteiger partial charge in [-0.2, -0.15) is 5.10 Å². The number of aryl methyl sites for hydroxylation is 2. The molecule has 1 saturated heterocycles. The first-order valence-corrected chi connectivity index (χ1v) is 8.80. The molecule has 2 heterocycles. The summed E-state index contributed by atoms with van der Waals surface area (Å²) in [6.45, 7) is 7.53. The lowest BCUT2D eigenvalue weighted by Gasteiger charge is -2.38. The van der Waals surface area contributed by atoms with Crippen LogP contribution < -0.4 is 0 Å². The van der Waals surface area contributed by atoms with Gasteiger partial charge in [0.05, 0.1) is 6.20 Å². The summed E-state index contributed by atoms with van der Waals surface area (Å²) in [6, 6.07) is 6.94. The number of hydrogen-bond donors (Lipinski definition) is 0. The molecule has 0 unspecified atom stereocenters. The standard InChI is InChI=1S/C19H25FN4O/c1-15-13-21-24(14-15)8-7-19(25)23-11-9-22(10-12-23)16(2)17-5-3-4-6-18(17)20/h3-6,13-14,16H,7-12H2,1-2H3/t16-/m1/s1. The number of aromatic nitrogens is 2. The summed E-state index contributed by atoms with van der Waals surface area (Å²) >= 11 is 0. The Morgan fingerprint density at radius 2 is 1.96 bits per heavy atom. The SMILES string of the molecule is Cc1cnn(CCC(=O)N2CCN([C@H](C)c3ccccc3F)CC2)c1. The smallest absolute Gasteiger partial charge is 0.224 e. The maximum Gasteiger partial charge on any atom is 0.224 e. The highest BCUT2D eigenvalue weighted by atomic mass is 19.1. The Kier molecular flexibility index (Phi) is 5.48. The highest BCUT2D eigenvalue weighted by Crippen LogP contribution is 2.24. The van der Waals surface area contributed by atoms with Crippen LogP contribution in [0.4, 0.5) is 4.39 Å². The van der Waals surface area contributed by atoms with Crippen LogP contribution in [-0.4, -0.2) is 51.7 Å². The predicted octanol–water partition coefficient (Wildman–Crippen LogP) is 2.63. The maximum absolute atomic E-state index is 14.0. The van der Waals surface area contributed by atoms with Gasteiger partial charge in [-0.25, -0.2) is 4.39 Å². The van der Waals surface area contributed by atoms with Gasteiger partial charge in [0.15, 0.2) is 0 Å². The van der Waals surface area contributed by atoms with E-state index in [0.29, 0.717) is 26.1 Å². The molecule has 1 fully saturated rings. The normalized spacial score (nSPS) is 16.8. The van der Waals surface area contributed by atoms with Crippen LogP contribution in [0.15, 0.2) is 36.7 Å². The molecule has 0 spiro atoms. The topological polar surface area (TPSA) is 41.4 Å². The molecule has 1 aliphatic heterocycles. The first-order valence-electron chi connectivity index (χ1n) is 8.80. The monoisotopic (exact) mass is 344 g/mol. The number of hydrogen-bond acceptors (Lipinski definition) is 3. The lowest BCUT2D eigenvalue weighted by molar-refractivity contribution is -0.133. The number of benzene rings is 1. The third-order valence-corrected chi connectivity index (χ3v) is 4.89. The lowest BCUT2D eigenvalue weighted by atomic mass is 10.1. The van der Waals surface area contributed by atoms with Crippen LogP contribution in [0.2, 0.25) is 0 Å². The van der Waals surface area contributed by atoms with Crippen molar-refractivity contribution in [3.63, 3.8) is 0 Å². The summed E-state index contributed by atoms with van der Waals surface area (Å²) in [5, 5.41) is 4.21. The van der Waals surface area contributed by atoms with Gasteiger partial charge in [0.2, 0.25) is 5.91 Å². The second-order valence-electron chi connectivity index (χ2n) is 6.65. The van der Waals surface area contributed by atoms with Gasteiger partial charge in [-0.15, -0.1) is 0 Å². The van der Waals surface area contributed by atoms with E-state index in [-0.39, 0.29) is 17.8 Å². The molecule has 1 aromatic carbocycles. The predicted molar refractivity (Wildman–Crippen MR) is 94.5 cm³/mol. The van der Waals surface area contributed by atoms with Crippen LogP contribution in [0.25, 0.3) is 0 Å². The second kappa shape index (κ2) is 7.78. The average molecular weight is 344 g/mol. The minimum Gasteiger partial charge on any atom is -0.340 e. The van der Waals surface area contributed by atoms with Crippen molar-refractivity contribution < 1.29 is 9.18 Å². The molecule has 1 aromatic heterocycles. The summed E-state index contributed by atoms with van der Waals surface area (Å²) in [5.74, 6) is -0.00521. The quantitative estimate of drug-likeness (QED) is 0.837. The number of rotatable bonds is 5. The van der Waals surface area contributed by atoms with Gasteiger partial charge in [-0.3, -0.25) is 14.4 Å². The van der Waals surface area contributed by atoms with Gasteiger partial charge >= 0.3 is 0 Å². The molecule has 1 atom stereocenters. The van der Waals surface area contributed by atoms with E-state index in [9.17, 15) is 9.18 Å². The Morgan fingerprint density at radius 1 is 1.24 bits per heavy atom. The van der Waals surface area contributed by atoms with Crippen LogP contribution in [0.3, 0.4) is 0 Å². The van der Waals surface area contributed by atoms with Crippen molar-refractivity contribution in [3.8, 4) is 0 Å². The van der Waals surface area contributed by atoms with Gasteiger partial charge in [-0.1, -0.05) is 18.2 Å². The number of carbonyl (C=O) groups is 1. The van der Waals surface area contributed by atoms with E-state index in [4.69, 9.17) is 0 Å². The summed E-state index contributed by atoms with van der Waals surface area (Å²) in [5.41, 5.74) is 1.82. The highest BCUT2D eigenvalue weighted by molar-refractivity contribution is 5.76. The Bertz CT molecular complexity index is 722. The Morgan fingerprint density at radius 3 is 2.60 bits per heavy atom. The van der Waals surface area contributed by atoms with Crippen molar-refractivity contribution in [1.29, 1.82) is 0 Å². The fraction of sp³-hybridized carbons (Fsp3) is 0.474. The molecule has 0 bridgehead atoms. The van der Waals surface area contributed by atoms with Crippen LogP contribution in [0.5, 0.6) is 0 Å². The fourth-order valence-electron chi connectivity index (χ4n) is 3.33. The summed E-state index contributed by atoms with van der Waals surface area (Å²) in [7, 11) is 0. The number of nitrogens with zero attached hydrogens (tertiary/aromatic N) is 4. The molecule has 1 amide bonds. The van der Waals surface area contributed by atoms with Crippen molar-refractivity contribution in [3.05, 3.63) is 53.6 Å². The second-order valence-corrected chi connectivity index (χ2v) is 6.65. The van der Waals surface area contributed by atoms with Gasteiger partial charge in [0.25, 0.3) is 0 Å². The third kappa shape index (κ3) is 4.25.